The summed E-state index contributed by atoms with van der Waals surface area (Å²) in [5, 5.41) is 9.19. The van der Waals surface area contributed by atoms with Gasteiger partial charge in [-0.25, -0.2) is 0 Å². The Kier molecular flexibility index (Phi) is 4.30. The predicted molar refractivity (Wildman–Crippen MR) is 112 cm³/mol. The maximum Gasteiger partial charge on any atom is 0.496 e. The molecule has 1 aromatic carbocycles. The first kappa shape index (κ1) is 19.3. The normalized spacial score (nSPS) is 17.4. The van der Waals surface area contributed by atoms with E-state index in [1.165, 1.54) is 6.07 Å². The lowest BCUT2D eigenvalue weighted by Crippen LogP contribution is -2.41. The molecule has 7 heteroatoms. The zero-order valence-corrected chi connectivity index (χ0v) is 16.9. The summed E-state index contributed by atoms with van der Waals surface area (Å²) < 4.78 is 14.2. The van der Waals surface area contributed by atoms with E-state index in [-0.39, 0.29) is 11.3 Å². The van der Waals surface area contributed by atoms with Gasteiger partial charge in [-0.2, -0.15) is 5.26 Å². The van der Waals surface area contributed by atoms with E-state index < -0.39 is 18.3 Å². The molecule has 0 saturated carbocycles. The van der Waals surface area contributed by atoms with Crippen molar-refractivity contribution < 1.29 is 14.1 Å². The highest BCUT2D eigenvalue weighted by Crippen LogP contribution is 2.36. The molecule has 2 aromatic heterocycles. The predicted octanol–water partition coefficient (Wildman–Crippen LogP) is 2.92. The Labute approximate surface area is 170 Å². The molecule has 1 aliphatic rings. The van der Waals surface area contributed by atoms with Gasteiger partial charge in [0.05, 0.1) is 22.5 Å². The number of aromatic nitrogens is 1. The van der Waals surface area contributed by atoms with Crippen LogP contribution in [0, 0.1) is 11.3 Å². The first-order valence-corrected chi connectivity index (χ1v) is 9.44. The number of pyridine rings is 1. The monoisotopic (exact) mass is 387 g/mol. The van der Waals surface area contributed by atoms with Gasteiger partial charge in [0.25, 0.3) is 0 Å². The largest absolute Gasteiger partial charge is 0.496 e. The summed E-state index contributed by atoms with van der Waals surface area (Å²) in [5.74, 6) is -0.187. The zero-order chi connectivity index (χ0) is 21.0. The molecule has 2 N–H and O–H groups in total. The molecule has 0 aliphatic carbocycles. The van der Waals surface area contributed by atoms with Crippen molar-refractivity contribution in [2.45, 2.75) is 38.9 Å². The number of rotatable bonds is 3. The van der Waals surface area contributed by atoms with Gasteiger partial charge in [-0.3, -0.25) is 4.79 Å². The summed E-state index contributed by atoms with van der Waals surface area (Å²) >= 11 is 0. The average Bonchev–Trinajstić information content (AvgIpc) is 3.19. The molecular weight excluding hydrogens is 365 g/mol. The molecule has 3 heterocycles. The van der Waals surface area contributed by atoms with Crippen LogP contribution in [-0.4, -0.2) is 28.5 Å². The zero-order valence-electron chi connectivity index (χ0n) is 16.9. The number of hydrogen-bond donors (Lipinski definition) is 1. The number of nitrogens with zero attached hydrogens (tertiary/aromatic N) is 2. The Bertz CT molecular complexity index is 1160. The first-order valence-electron chi connectivity index (χ1n) is 9.44. The molecule has 0 amide bonds. The molecule has 29 heavy (non-hydrogen) atoms. The number of carbonyl (C=O) groups excluding carboxylic acids is 1. The molecule has 1 fully saturated rings. The Hall–Kier alpha value is -3.08. The minimum absolute atomic E-state index is 0.187. The van der Waals surface area contributed by atoms with Crippen molar-refractivity contribution in [2.24, 2.45) is 0 Å². The number of anilines is 1. The molecule has 1 aliphatic heterocycles. The molecule has 6 nitrogen and oxygen atoms in total. The van der Waals surface area contributed by atoms with Crippen molar-refractivity contribution in [2.75, 3.05) is 5.73 Å². The second kappa shape index (κ2) is 6.48. The van der Waals surface area contributed by atoms with E-state index in [1.54, 1.807) is 18.2 Å². The maximum absolute atomic E-state index is 13.1. The third-order valence-corrected chi connectivity index (χ3v) is 5.90. The topological polar surface area (TPSA) is 89.8 Å². The number of benzene rings is 1. The molecule has 0 unspecified atom stereocenters. The summed E-state index contributed by atoms with van der Waals surface area (Å²) in [5.41, 5.74) is 8.12. The van der Waals surface area contributed by atoms with Crippen LogP contribution in [0.2, 0.25) is 0 Å². The lowest BCUT2D eigenvalue weighted by Gasteiger charge is -2.32. The SMILES string of the molecule is CC1(C)OB(c2cccn3c(C(=O)c4ccc(N)c(C#N)c4)ccc23)OC1(C)C. The molecule has 0 atom stereocenters. The average molecular weight is 387 g/mol. The van der Waals surface area contributed by atoms with Crippen LogP contribution < -0.4 is 11.2 Å². The van der Waals surface area contributed by atoms with E-state index >= 15 is 0 Å². The number of fused-ring (bicyclic) bond motifs is 1. The highest BCUT2D eigenvalue weighted by Gasteiger charge is 2.52. The van der Waals surface area contributed by atoms with Crippen LogP contribution in [0.5, 0.6) is 0 Å². The van der Waals surface area contributed by atoms with Crippen LogP contribution in [0.15, 0.2) is 48.7 Å². The first-order chi connectivity index (χ1) is 13.6. The lowest BCUT2D eigenvalue weighted by molar-refractivity contribution is 0.00578. The summed E-state index contributed by atoms with van der Waals surface area (Å²) in [7, 11) is -0.525. The molecule has 0 spiro atoms. The van der Waals surface area contributed by atoms with Crippen LogP contribution in [-0.2, 0) is 9.31 Å². The Morgan fingerprint density at radius 3 is 2.45 bits per heavy atom. The maximum atomic E-state index is 13.1. The van der Waals surface area contributed by atoms with Gasteiger partial charge in [-0.15, -0.1) is 0 Å². The molecule has 3 aromatic rings. The van der Waals surface area contributed by atoms with Crippen LogP contribution >= 0.6 is 0 Å². The summed E-state index contributed by atoms with van der Waals surface area (Å²) in [4.78, 5) is 13.1. The van der Waals surface area contributed by atoms with E-state index in [0.29, 0.717) is 16.9 Å². The van der Waals surface area contributed by atoms with E-state index in [9.17, 15) is 10.1 Å². The van der Waals surface area contributed by atoms with Gasteiger partial charge in [0.15, 0.2) is 0 Å². The standard InChI is InChI=1S/C22H22BN3O3/c1-21(2)22(3,4)29-23(28-21)16-6-5-11-26-18(16)9-10-19(26)20(27)14-7-8-17(25)15(12-14)13-24/h5-12H,25H2,1-4H3. The number of ketones is 1. The summed E-state index contributed by atoms with van der Waals surface area (Å²) in [6, 6.07) is 14.2. The Balaban J connectivity index is 1.76. The summed E-state index contributed by atoms with van der Waals surface area (Å²) in [6.07, 6.45) is 1.83. The van der Waals surface area contributed by atoms with Crippen molar-refractivity contribution >= 4 is 29.6 Å². The minimum atomic E-state index is -0.525. The second-order valence-corrected chi connectivity index (χ2v) is 8.27. The third kappa shape index (κ3) is 3.01. The summed E-state index contributed by atoms with van der Waals surface area (Å²) in [6.45, 7) is 8.03. The second-order valence-electron chi connectivity index (χ2n) is 8.27. The fraction of sp³-hybridized carbons (Fsp3) is 0.273. The number of nitriles is 1. The van der Waals surface area contributed by atoms with Crippen LogP contribution in [0.1, 0.15) is 49.3 Å². The number of nitrogen functional groups attached to an aromatic ring is 1. The minimum Gasteiger partial charge on any atom is -0.399 e. The van der Waals surface area contributed by atoms with Gasteiger partial charge in [0, 0.05) is 28.4 Å². The van der Waals surface area contributed by atoms with Crippen molar-refractivity contribution in [1.82, 2.24) is 4.40 Å². The molecule has 4 rings (SSSR count). The van der Waals surface area contributed by atoms with E-state index in [2.05, 4.69) is 0 Å². The van der Waals surface area contributed by atoms with Gasteiger partial charge in [-0.1, -0.05) is 6.07 Å². The van der Waals surface area contributed by atoms with Crippen molar-refractivity contribution in [3.63, 3.8) is 0 Å². The van der Waals surface area contributed by atoms with Gasteiger partial charge >= 0.3 is 7.12 Å². The van der Waals surface area contributed by atoms with E-state index in [4.69, 9.17) is 15.0 Å². The molecular formula is C22H22BN3O3. The quantitative estimate of drug-likeness (QED) is 0.424. The third-order valence-electron chi connectivity index (χ3n) is 5.90. The number of carbonyl (C=O) groups is 1. The van der Waals surface area contributed by atoms with E-state index in [1.807, 2.05) is 62.6 Å². The van der Waals surface area contributed by atoms with Gasteiger partial charge in [0.2, 0.25) is 5.78 Å². The van der Waals surface area contributed by atoms with Gasteiger partial charge in [-0.05, 0) is 64.1 Å². The van der Waals surface area contributed by atoms with Crippen molar-refractivity contribution in [1.29, 1.82) is 5.26 Å². The molecule has 0 radical (unpaired) electrons. The molecule has 146 valence electrons. The Morgan fingerprint density at radius 2 is 1.79 bits per heavy atom. The highest BCUT2D eigenvalue weighted by molar-refractivity contribution is 6.64. The fourth-order valence-electron chi connectivity index (χ4n) is 3.46. The highest BCUT2D eigenvalue weighted by atomic mass is 16.7. The lowest BCUT2D eigenvalue weighted by atomic mass is 9.79. The van der Waals surface area contributed by atoms with Crippen LogP contribution in [0.25, 0.3) is 5.52 Å². The van der Waals surface area contributed by atoms with E-state index in [0.717, 1.165) is 11.0 Å². The van der Waals surface area contributed by atoms with Crippen LogP contribution in [0.3, 0.4) is 0 Å². The smallest absolute Gasteiger partial charge is 0.399 e. The van der Waals surface area contributed by atoms with Crippen molar-refractivity contribution in [3.05, 3.63) is 65.5 Å². The van der Waals surface area contributed by atoms with Crippen molar-refractivity contribution in [3.8, 4) is 6.07 Å². The van der Waals surface area contributed by atoms with Gasteiger partial charge < -0.3 is 19.4 Å². The van der Waals surface area contributed by atoms with Gasteiger partial charge in [0.1, 0.15) is 6.07 Å². The number of hydrogen-bond acceptors (Lipinski definition) is 5. The molecule has 0 bridgehead atoms. The number of nitrogens with two attached hydrogens (primary N) is 1. The Morgan fingerprint density at radius 1 is 1.10 bits per heavy atom. The van der Waals surface area contributed by atoms with Crippen LogP contribution in [0.4, 0.5) is 5.69 Å². The fourth-order valence-corrected chi connectivity index (χ4v) is 3.46. The molecule has 1 saturated heterocycles.